The van der Waals surface area contributed by atoms with Gasteiger partial charge in [0.25, 0.3) is 0 Å². The zero-order valence-corrected chi connectivity index (χ0v) is 18.7. The Kier molecular flexibility index (Phi) is 8.04. The zero-order valence-electron chi connectivity index (χ0n) is 15.6. The van der Waals surface area contributed by atoms with Crippen molar-refractivity contribution in [2.24, 2.45) is 4.99 Å². The van der Waals surface area contributed by atoms with E-state index < -0.39 is 11.9 Å². The number of aryl methyl sites for hydroxylation is 2. The summed E-state index contributed by atoms with van der Waals surface area (Å²) in [5, 5.41) is 12.4. The minimum absolute atomic E-state index is 0. The van der Waals surface area contributed by atoms with Crippen LogP contribution in [0.2, 0.25) is 0 Å². The number of aliphatic imine (C=N–C) groups is 1. The van der Waals surface area contributed by atoms with Crippen molar-refractivity contribution in [3.05, 3.63) is 27.7 Å². The van der Waals surface area contributed by atoms with Crippen LogP contribution in [0.5, 0.6) is 0 Å². The molecule has 0 saturated heterocycles. The highest BCUT2D eigenvalue weighted by atomic mass is 127. The molecule has 0 fully saturated rings. The first-order chi connectivity index (χ1) is 12.9. The van der Waals surface area contributed by atoms with Gasteiger partial charge in [0.15, 0.2) is 11.7 Å². The number of fused-ring (bicyclic) bond motifs is 1. The van der Waals surface area contributed by atoms with Crippen LogP contribution < -0.4 is 10.6 Å². The van der Waals surface area contributed by atoms with Crippen LogP contribution in [-0.2, 0) is 19.1 Å². The molecule has 2 aromatic heterocycles. The average molecular weight is 529 g/mol. The predicted molar refractivity (Wildman–Crippen MR) is 112 cm³/mol. The summed E-state index contributed by atoms with van der Waals surface area (Å²) in [4.78, 5) is 12.6. The fourth-order valence-corrected chi connectivity index (χ4v) is 3.70. The Bertz CT molecular complexity index is 803. The number of thiazole rings is 1. The SMILES string of the molecule is CCNC(=NCCc1nc(C(F)(F)F)cs1)NC1CCCn2nc(C)nc21.I. The van der Waals surface area contributed by atoms with E-state index in [-0.39, 0.29) is 30.0 Å². The number of hydrogen-bond donors (Lipinski definition) is 2. The van der Waals surface area contributed by atoms with Crippen LogP contribution in [0.1, 0.15) is 48.2 Å². The van der Waals surface area contributed by atoms with E-state index in [4.69, 9.17) is 0 Å². The summed E-state index contributed by atoms with van der Waals surface area (Å²) in [5.74, 6) is 2.24. The van der Waals surface area contributed by atoms with Crippen molar-refractivity contribution in [1.82, 2.24) is 30.4 Å². The number of rotatable bonds is 5. The van der Waals surface area contributed by atoms with E-state index in [0.717, 1.165) is 47.8 Å². The Balaban J connectivity index is 0.00000280. The van der Waals surface area contributed by atoms with Crippen LogP contribution in [0.3, 0.4) is 0 Å². The molecule has 0 radical (unpaired) electrons. The molecule has 3 rings (SSSR count). The maximum Gasteiger partial charge on any atom is 0.434 e. The standard InChI is InChI=1S/C16H22F3N7S.HI/c1-3-20-15(21-7-6-13-24-12(9-27-13)16(17,18)19)23-11-5-4-8-26-14(11)22-10(2)25-26;/h9,11H,3-8H2,1-2H3,(H2,20,21,23);1H. The van der Waals surface area contributed by atoms with Crippen LogP contribution in [0.4, 0.5) is 13.2 Å². The summed E-state index contributed by atoms with van der Waals surface area (Å²) in [6.45, 7) is 5.71. The number of nitrogens with zero attached hydrogens (tertiary/aromatic N) is 5. The van der Waals surface area contributed by atoms with Gasteiger partial charge < -0.3 is 10.6 Å². The van der Waals surface area contributed by atoms with Gasteiger partial charge in [0, 0.05) is 31.4 Å². The molecule has 2 aromatic rings. The van der Waals surface area contributed by atoms with Gasteiger partial charge in [-0.1, -0.05) is 0 Å². The van der Waals surface area contributed by atoms with Crippen molar-refractivity contribution in [2.45, 2.75) is 51.9 Å². The summed E-state index contributed by atoms with van der Waals surface area (Å²) in [6, 6.07) is 0.00875. The van der Waals surface area contributed by atoms with Crippen LogP contribution in [0.15, 0.2) is 10.4 Å². The third-order valence-electron chi connectivity index (χ3n) is 4.07. The van der Waals surface area contributed by atoms with Crippen LogP contribution >= 0.6 is 35.3 Å². The minimum atomic E-state index is -4.40. The van der Waals surface area contributed by atoms with Crippen molar-refractivity contribution in [3.8, 4) is 0 Å². The lowest BCUT2D eigenvalue weighted by molar-refractivity contribution is -0.140. The van der Waals surface area contributed by atoms with Gasteiger partial charge in [-0.2, -0.15) is 18.3 Å². The van der Waals surface area contributed by atoms with Crippen molar-refractivity contribution in [3.63, 3.8) is 0 Å². The van der Waals surface area contributed by atoms with Crippen molar-refractivity contribution >= 4 is 41.3 Å². The van der Waals surface area contributed by atoms with E-state index in [1.165, 1.54) is 0 Å². The predicted octanol–water partition coefficient (Wildman–Crippen LogP) is 3.31. The lowest BCUT2D eigenvalue weighted by Gasteiger charge is -2.25. The molecule has 0 saturated carbocycles. The quantitative estimate of drug-likeness (QED) is 0.353. The number of nitrogens with one attached hydrogen (secondary N) is 2. The van der Waals surface area contributed by atoms with Gasteiger partial charge in [0.2, 0.25) is 0 Å². The molecule has 28 heavy (non-hydrogen) atoms. The molecule has 12 heteroatoms. The van der Waals surface area contributed by atoms with E-state index in [9.17, 15) is 13.2 Å². The summed E-state index contributed by atoms with van der Waals surface area (Å²) < 4.78 is 39.8. The normalized spacial score (nSPS) is 17.0. The number of hydrogen-bond acceptors (Lipinski definition) is 5. The highest BCUT2D eigenvalue weighted by Crippen LogP contribution is 2.30. The number of halogens is 4. The second-order valence-electron chi connectivity index (χ2n) is 6.21. The molecule has 1 unspecified atom stereocenters. The van der Waals surface area contributed by atoms with Crippen LogP contribution in [-0.4, -0.2) is 38.8 Å². The van der Waals surface area contributed by atoms with E-state index in [2.05, 4.69) is 30.7 Å². The summed E-state index contributed by atoms with van der Waals surface area (Å²) in [6.07, 6.45) is -2.13. The van der Waals surface area contributed by atoms with E-state index in [0.29, 0.717) is 30.5 Å². The first-order valence-electron chi connectivity index (χ1n) is 8.84. The van der Waals surface area contributed by atoms with Crippen molar-refractivity contribution in [1.29, 1.82) is 0 Å². The molecule has 1 aliphatic heterocycles. The van der Waals surface area contributed by atoms with Crippen molar-refractivity contribution < 1.29 is 13.2 Å². The molecule has 7 nitrogen and oxygen atoms in total. The summed E-state index contributed by atoms with van der Waals surface area (Å²) >= 11 is 1.01. The Hall–Kier alpha value is -1.44. The minimum Gasteiger partial charge on any atom is -0.357 e. The highest BCUT2D eigenvalue weighted by Gasteiger charge is 2.33. The fraction of sp³-hybridized carbons (Fsp3) is 0.625. The molecule has 0 aliphatic carbocycles. The molecule has 0 aromatic carbocycles. The van der Waals surface area contributed by atoms with Gasteiger partial charge in [0.05, 0.1) is 11.0 Å². The van der Waals surface area contributed by atoms with Crippen LogP contribution in [0.25, 0.3) is 0 Å². The zero-order chi connectivity index (χ0) is 19.4. The monoisotopic (exact) mass is 529 g/mol. The molecule has 3 heterocycles. The maximum atomic E-state index is 12.6. The molecule has 0 amide bonds. The molecule has 1 atom stereocenters. The third-order valence-corrected chi connectivity index (χ3v) is 4.98. The third kappa shape index (κ3) is 5.78. The first-order valence-corrected chi connectivity index (χ1v) is 9.72. The number of guanidine groups is 1. The largest absolute Gasteiger partial charge is 0.434 e. The first kappa shape index (κ1) is 22.8. The van der Waals surface area contributed by atoms with E-state index in [1.54, 1.807) is 0 Å². The molecule has 0 bridgehead atoms. The highest BCUT2D eigenvalue weighted by molar-refractivity contribution is 14.0. The molecule has 1 aliphatic rings. The average Bonchev–Trinajstić information content (AvgIpc) is 3.21. The van der Waals surface area contributed by atoms with Gasteiger partial charge in [0.1, 0.15) is 11.6 Å². The Morgan fingerprint density at radius 2 is 2.18 bits per heavy atom. The fourth-order valence-electron chi connectivity index (χ4n) is 2.91. The number of aromatic nitrogens is 4. The smallest absolute Gasteiger partial charge is 0.357 e. The van der Waals surface area contributed by atoms with Crippen LogP contribution in [0, 0.1) is 6.92 Å². The Morgan fingerprint density at radius 3 is 2.86 bits per heavy atom. The van der Waals surface area contributed by atoms with Gasteiger partial charge >= 0.3 is 6.18 Å². The van der Waals surface area contributed by atoms with E-state index in [1.807, 2.05) is 18.5 Å². The van der Waals surface area contributed by atoms with Crippen molar-refractivity contribution in [2.75, 3.05) is 13.1 Å². The Labute approximate surface area is 182 Å². The lowest BCUT2D eigenvalue weighted by Crippen LogP contribution is -2.41. The van der Waals surface area contributed by atoms with Gasteiger partial charge in [-0.15, -0.1) is 35.3 Å². The maximum absolute atomic E-state index is 12.6. The summed E-state index contributed by atoms with van der Waals surface area (Å²) in [7, 11) is 0. The molecular weight excluding hydrogens is 506 g/mol. The lowest BCUT2D eigenvalue weighted by atomic mass is 10.1. The second kappa shape index (κ2) is 9.85. The molecular formula is C16H23F3IN7S. The second-order valence-corrected chi connectivity index (χ2v) is 7.16. The molecule has 2 N–H and O–H groups in total. The molecule has 0 spiro atoms. The number of alkyl halides is 3. The van der Waals surface area contributed by atoms with Gasteiger partial charge in [-0.25, -0.2) is 14.6 Å². The molecule has 156 valence electrons. The topological polar surface area (TPSA) is 80.0 Å². The van der Waals surface area contributed by atoms with E-state index >= 15 is 0 Å². The van der Waals surface area contributed by atoms with Gasteiger partial charge in [-0.05, 0) is 26.7 Å². The van der Waals surface area contributed by atoms with Gasteiger partial charge in [-0.3, -0.25) is 4.99 Å². The Morgan fingerprint density at radius 1 is 1.39 bits per heavy atom. The summed E-state index contributed by atoms with van der Waals surface area (Å²) in [5.41, 5.74) is -0.839.